The number of thiazole rings is 1. The summed E-state index contributed by atoms with van der Waals surface area (Å²) in [6.45, 7) is 13.1. The molecule has 0 N–H and O–H groups in total. The average Bonchev–Trinajstić information content (AvgIpc) is 3.19. The van der Waals surface area contributed by atoms with E-state index in [9.17, 15) is 0 Å². The number of fused-ring (bicyclic) bond motifs is 2. The molecular weight excluding hydrogens is 338 g/mol. The van der Waals surface area contributed by atoms with Gasteiger partial charge in [0.05, 0.1) is 15.2 Å². The van der Waals surface area contributed by atoms with Crippen LogP contribution in [0, 0.1) is 0 Å². The Labute approximate surface area is 159 Å². The van der Waals surface area contributed by atoms with Crippen molar-refractivity contribution in [3.63, 3.8) is 0 Å². The fourth-order valence-electron chi connectivity index (χ4n) is 2.54. The molecule has 136 valence electrons. The largest absolute Gasteiger partial charge is 0.461 e. The normalized spacial score (nSPS) is 12.2. The molecule has 0 aliphatic heterocycles. The van der Waals surface area contributed by atoms with E-state index in [1.807, 2.05) is 24.3 Å². The van der Waals surface area contributed by atoms with Crippen LogP contribution in [0.5, 0.6) is 0 Å². The van der Waals surface area contributed by atoms with Crippen LogP contribution in [0.2, 0.25) is 0 Å². The Morgan fingerprint density at radius 3 is 2.08 bits per heavy atom. The summed E-state index contributed by atoms with van der Waals surface area (Å²) in [5, 5.41) is 2.40. The van der Waals surface area contributed by atoms with Gasteiger partial charge in [0.15, 0.2) is 0 Å². The molecule has 2 aromatic heterocycles. The van der Waals surface area contributed by atoms with Gasteiger partial charge in [0.2, 0.25) is 0 Å². The standard InChI is InChI=1S/C12H14O.C11H13NS/c1-12(2,3)11-8-9-6-4-5-7-10(9)13-11;1-11(2,3)10-12-8-6-4-5-7-9(8)13-10/h4-8H,1-3H3;4-7H,1-3H3. The molecule has 0 aliphatic carbocycles. The number of nitrogens with zero attached hydrogens (tertiary/aromatic N) is 1. The van der Waals surface area contributed by atoms with E-state index in [4.69, 9.17) is 4.42 Å². The highest BCUT2D eigenvalue weighted by Crippen LogP contribution is 2.31. The van der Waals surface area contributed by atoms with E-state index in [0.717, 1.165) is 16.9 Å². The Morgan fingerprint density at radius 2 is 1.46 bits per heavy atom. The van der Waals surface area contributed by atoms with Gasteiger partial charge in [-0.2, -0.15) is 0 Å². The van der Waals surface area contributed by atoms with E-state index >= 15 is 0 Å². The van der Waals surface area contributed by atoms with Crippen molar-refractivity contribution in [3.8, 4) is 0 Å². The fourth-order valence-corrected chi connectivity index (χ4v) is 3.57. The highest BCUT2D eigenvalue weighted by molar-refractivity contribution is 7.18. The summed E-state index contributed by atoms with van der Waals surface area (Å²) < 4.78 is 7.02. The lowest BCUT2D eigenvalue weighted by Crippen LogP contribution is -2.09. The molecule has 0 atom stereocenters. The van der Waals surface area contributed by atoms with Crippen molar-refractivity contribution in [2.75, 3.05) is 0 Å². The zero-order valence-corrected chi connectivity index (χ0v) is 17.3. The summed E-state index contributed by atoms with van der Waals surface area (Å²) in [7, 11) is 0. The van der Waals surface area contributed by atoms with E-state index in [1.165, 1.54) is 15.1 Å². The average molecular weight is 366 g/mol. The molecule has 26 heavy (non-hydrogen) atoms. The number of para-hydroxylation sites is 2. The summed E-state index contributed by atoms with van der Waals surface area (Å²) in [6.07, 6.45) is 0. The van der Waals surface area contributed by atoms with Gasteiger partial charge in [0, 0.05) is 16.2 Å². The first-order chi connectivity index (χ1) is 12.1. The third-order valence-electron chi connectivity index (χ3n) is 4.10. The molecule has 0 amide bonds. The van der Waals surface area contributed by atoms with Gasteiger partial charge in [-0.1, -0.05) is 71.9 Å². The van der Waals surface area contributed by atoms with Crippen LogP contribution >= 0.6 is 11.3 Å². The van der Waals surface area contributed by atoms with Crippen molar-refractivity contribution in [1.29, 1.82) is 0 Å². The zero-order chi connectivity index (χ0) is 18.9. The maximum atomic E-state index is 5.73. The van der Waals surface area contributed by atoms with Crippen molar-refractivity contribution in [2.45, 2.75) is 52.4 Å². The van der Waals surface area contributed by atoms with E-state index in [2.05, 4.69) is 76.9 Å². The van der Waals surface area contributed by atoms with Crippen molar-refractivity contribution in [3.05, 3.63) is 65.4 Å². The minimum absolute atomic E-state index is 0.0962. The van der Waals surface area contributed by atoms with Crippen molar-refractivity contribution < 1.29 is 4.42 Å². The van der Waals surface area contributed by atoms with E-state index in [0.29, 0.717) is 0 Å². The molecule has 4 rings (SSSR count). The number of hydrogen-bond acceptors (Lipinski definition) is 3. The number of rotatable bonds is 0. The molecule has 3 heteroatoms. The van der Waals surface area contributed by atoms with Crippen LogP contribution in [0.15, 0.2) is 59.0 Å². The van der Waals surface area contributed by atoms with Crippen LogP contribution in [0.1, 0.15) is 52.3 Å². The highest BCUT2D eigenvalue weighted by atomic mass is 32.1. The molecule has 2 heterocycles. The first-order valence-electron chi connectivity index (χ1n) is 9.00. The van der Waals surface area contributed by atoms with Crippen LogP contribution in [-0.2, 0) is 10.8 Å². The maximum Gasteiger partial charge on any atom is 0.134 e. The van der Waals surface area contributed by atoms with Crippen LogP contribution < -0.4 is 0 Å². The second-order valence-corrected chi connectivity index (χ2v) is 9.67. The summed E-state index contributed by atoms with van der Waals surface area (Å²) in [5.74, 6) is 1.05. The Hall–Kier alpha value is -2.13. The quantitative estimate of drug-likeness (QED) is 0.326. The Balaban J connectivity index is 0.000000151. The second-order valence-electron chi connectivity index (χ2n) is 8.64. The van der Waals surface area contributed by atoms with E-state index in [-0.39, 0.29) is 10.8 Å². The minimum Gasteiger partial charge on any atom is -0.461 e. The smallest absolute Gasteiger partial charge is 0.134 e. The maximum absolute atomic E-state index is 5.73. The number of hydrogen-bond donors (Lipinski definition) is 0. The fraction of sp³-hybridized carbons (Fsp3) is 0.348. The third-order valence-corrected chi connectivity index (χ3v) is 5.56. The van der Waals surface area contributed by atoms with Gasteiger partial charge < -0.3 is 4.42 Å². The van der Waals surface area contributed by atoms with Gasteiger partial charge >= 0.3 is 0 Å². The first-order valence-corrected chi connectivity index (χ1v) is 9.81. The van der Waals surface area contributed by atoms with Gasteiger partial charge in [-0.3, -0.25) is 0 Å². The molecule has 0 radical (unpaired) electrons. The highest BCUT2D eigenvalue weighted by Gasteiger charge is 2.19. The van der Waals surface area contributed by atoms with Gasteiger partial charge in [-0.05, 0) is 24.3 Å². The molecule has 0 spiro atoms. The number of aromatic nitrogens is 1. The molecule has 0 aliphatic rings. The lowest BCUT2D eigenvalue weighted by molar-refractivity contribution is 0.430. The summed E-state index contributed by atoms with van der Waals surface area (Å²) >= 11 is 1.79. The molecule has 0 fully saturated rings. The van der Waals surface area contributed by atoms with Crippen LogP contribution in [-0.4, -0.2) is 4.98 Å². The van der Waals surface area contributed by atoms with E-state index in [1.54, 1.807) is 11.3 Å². The zero-order valence-electron chi connectivity index (χ0n) is 16.5. The van der Waals surface area contributed by atoms with Crippen molar-refractivity contribution in [2.24, 2.45) is 0 Å². The SMILES string of the molecule is CC(C)(C)c1cc2ccccc2o1.CC(C)(C)c1nc2ccccc2s1. The molecule has 4 aromatic rings. The first kappa shape index (κ1) is 18.7. The molecule has 0 bridgehead atoms. The molecule has 2 aromatic carbocycles. The lowest BCUT2D eigenvalue weighted by Gasteiger charge is -2.13. The molecule has 0 unspecified atom stereocenters. The van der Waals surface area contributed by atoms with Crippen LogP contribution in [0.3, 0.4) is 0 Å². The van der Waals surface area contributed by atoms with Gasteiger partial charge in [0.1, 0.15) is 11.3 Å². The number of furan rings is 1. The van der Waals surface area contributed by atoms with Crippen LogP contribution in [0.4, 0.5) is 0 Å². The summed E-state index contributed by atoms with van der Waals surface area (Å²) in [6, 6.07) is 18.5. The van der Waals surface area contributed by atoms with Gasteiger partial charge in [0.25, 0.3) is 0 Å². The molecule has 0 saturated carbocycles. The van der Waals surface area contributed by atoms with E-state index < -0.39 is 0 Å². The summed E-state index contributed by atoms with van der Waals surface area (Å²) in [5.41, 5.74) is 2.37. The van der Waals surface area contributed by atoms with Crippen molar-refractivity contribution >= 4 is 32.5 Å². The van der Waals surface area contributed by atoms with Gasteiger partial charge in [-0.15, -0.1) is 11.3 Å². The number of benzene rings is 2. The summed E-state index contributed by atoms with van der Waals surface area (Å²) in [4.78, 5) is 4.60. The molecule has 2 nitrogen and oxygen atoms in total. The lowest BCUT2D eigenvalue weighted by atomic mass is 9.93. The predicted molar refractivity (Wildman–Crippen MR) is 113 cm³/mol. The Morgan fingerprint density at radius 1 is 0.808 bits per heavy atom. The molecular formula is C23H27NOS. The van der Waals surface area contributed by atoms with Crippen LogP contribution in [0.25, 0.3) is 21.2 Å². The van der Waals surface area contributed by atoms with Gasteiger partial charge in [-0.25, -0.2) is 4.98 Å². The predicted octanol–water partition coefficient (Wildman–Crippen LogP) is 7.32. The second kappa shape index (κ2) is 6.88. The topological polar surface area (TPSA) is 26.0 Å². The Bertz CT molecular complexity index is 862. The molecule has 0 saturated heterocycles. The van der Waals surface area contributed by atoms with Crippen molar-refractivity contribution in [1.82, 2.24) is 4.98 Å². The Kier molecular flexibility index (Phi) is 4.94. The monoisotopic (exact) mass is 365 g/mol. The third kappa shape index (κ3) is 4.16. The minimum atomic E-state index is 0.0962.